The van der Waals surface area contributed by atoms with Crippen LogP contribution in [0.3, 0.4) is 0 Å². The number of nitrogens with one attached hydrogen (secondary N) is 3. The molecule has 166 valence electrons. The molecule has 31 heavy (non-hydrogen) atoms. The minimum absolute atomic E-state index is 0.173. The summed E-state index contributed by atoms with van der Waals surface area (Å²) in [5, 5.41) is 12.2. The molecule has 2 aromatic rings. The van der Waals surface area contributed by atoms with Gasteiger partial charge in [0.15, 0.2) is 0 Å². The van der Waals surface area contributed by atoms with Crippen LogP contribution in [0.2, 0.25) is 0 Å². The molecule has 1 aliphatic heterocycles. The van der Waals surface area contributed by atoms with Crippen molar-refractivity contribution in [2.24, 2.45) is 0 Å². The fourth-order valence-corrected chi connectivity index (χ4v) is 4.20. The maximum Gasteiger partial charge on any atom is 0.261 e. The van der Waals surface area contributed by atoms with Crippen LogP contribution in [0, 0.1) is 0 Å². The van der Waals surface area contributed by atoms with Crippen molar-refractivity contribution in [3.63, 3.8) is 0 Å². The van der Waals surface area contributed by atoms with Crippen molar-refractivity contribution in [1.29, 1.82) is 0 Å². The number of hydrogen-bond acceptors (Lipinski definition) is 5. The molecule has 2 aromatic carbocycles. The fourth-order valence-electron chi connectivity index (χ4n) is 4.20. The average molecular weight is 423 g/mol. The number of amides is 2. The number of unbranched alkanes of at least 4 members (excludes halogenated alkanes) is 1. The van der Waals surface area contributed by atoms with E-state index in [1.807, 2.05) is 36.4 Å². The Labute approximate surface area is 184 Å². The number of hydrogen-bond donors (Lipinski definition) is 3. The Kier molecular flexibility index (Phi) is 7.67. The number of imide groups is 1. The number of carbonyl (C=O) groups excluding carboxylic acids is 2. The van der Waals surface area contributed by atoms with Crippen LogP contribution in [0.1, 0.15) is 59.2 Å². The van der Waals surface area contributed by atoms with Crippen LogP contribution in [0.25, 0.3) is 10.8 Å². The lowest BCUT2D eigenvalue weighted by molar-refractivity contribution is 0.0609. The predicted octanol–water partition coefficient (Wildman–Crippen LogP) is 2.93. The summed E-state index contributed by atoms with van der Waals surface area (Å²) in [6, 6.07) is 12.1. The normalized spacial score (nSPS) is 15.8. The maximum atomic E-state index is 12.9. The first-order valence-corrected chi connectivity index (χ1v) is 11.8. The third-order valence-corrected chi connectivity index (χ3v) is 6.09. The zero-order valence-corrected chi connectivity index (χ0v) is 18.3. The molecule has 0 saturated heterocycles. The van der Waals surface area contributed by atoms with E-state index in [-0.39, 0.29) is 11.8 Å². The highest BCUT2D eigenvalue weighted by Gasteiger charge is 2.31. The Bertz CT molecular complexity index is 859. The Morgan fingerprint density at radius 3 is 1.94 bits per heavy atom. The van der Waals surface area contributed by atoms with Gasteiger partial charge in [0.1, 0.15) is 0 Å². The molecule has 1 saturated carbocycles. The van der Waals surface area contributed by atoms with E-state index in [0.717, 1.165) is 68.8 Å². The van der Waals surface area contributed by atoms with Crippen molar-refractivity contribution in [2.45, 2.75) is 44.6 Å². The van der Waals surface area contributed by atoms with E-state index in [1.54, 1.807) is 0 Å². The number of nitrogens with zero attached hydrogens (tertiary/aromatic N) is 1. The van der Waals surface area contributed by atoms with E-state index in [9.17, 15) is 9.59 Å². The molecule has 0 unspecified atom stereocenters. The number of benzene rings is 2. The zero-order chi connectivity index (χ0) is 21.5. The molecule has 0 atom stereocenters. The molecular weight excluding hydrogens is 388 g/mol. The number of carbonyl (C=O) groups is 2. The van der Waals surface area contributed by atoms with E-state index in [2.05, 4.69) is 16.0 Å². The molecule has 3 N–H and O–H groups in total. The van der Waals surface area contributed by atoms with Crippen molar-refractivity contribution in [1.82, 2.24) is 20.9 Å². The second-order valence-electron chi connectivity index (χ2n) is 8.61. The molecule has 0 spiro atoms. The summed E-state index contributed by atoms with van der Waals surface area (Å²) in [7, 11) is 0. The van der Waals surface area contributed by atoms with Crippen LogP contribution in [-0.2, 0) is 0 Å². The van der Waals surface area contributed by atoms with Crippen molar-refractivity contribution in [3.05, 3.63) is 47.5 Å². The van der Waals surface area contributed by atoms with Gasteiger partial charge in [0.2, 0.25) is 0 Å². The second kappa shape index (κ2) is 10.8. The topological polar surface area (TPSA) is 73.5 Å². The van der Waals surface area contributed by atoms with Gasteiger partial charge in [-0.05, 0) is 88.8 Å². The molecule has 0 radical (unpaired) electrons. The van der Waals surface area contributed by atoms with E-state index >= 15 is 0 Å². The summed E-state index contributed by atoms with van der Waals surface area (Å²) in [6.07, 6.45) is 6.96. The van der Waals surface area contributed by atoms with Crippen LogP contribution in [0.15, 0.2) is 36.4 Å². The Morgan fingerprint density at radius 2 is 1.32 bits per heavy atom. The summed E-state index contributed by atoms with van der Waals surface area (Å²) >= 11 is 0. The average Bonchev–Trinajstić information content (AvgIpc) is 3.61. The Morgan fingerprint density at radius 1 is 0.742 bits per heavy atom. The molecule has 4 rings (SSSR count). The van der Waals surface area contributed by atoms with Crippen LogP contribution in [-0.4, -0.2) is 62.0 Å². The van der Waals surface area contributed by atoms with Gasteiger partial charge in [-0.3, -0.25) is 14.5 Å². The Balaban J connectivity index is 1.09. The summed E-state index contributed by atoms with van der Waals surface area (Å²) in [6.45, 7) is 5.50. The minimum atomic E-state index is -0.173. The second-order valence-corrected chi connectivity index (χ2v) is 8.61. The monoisotopic (exact) mass is 422 g/mol. The maximum absolute atomic E-state index is 12.9. The quantitative estimate of drug-likeness (QED) is 0.322. The lowest BCUT2D eigenvalue weighted by Crippen LogP contribution is -2.41. The fraction of sp³-hybridized carbons (Fsp3) is 0.520. The van der Waals surface area contributed by atoms with E-state index in [0.29, 0.717) is 17.7 Å². The molecule has 2 amide bonds. The van der Waals surface area contributed by atoms with Crippen molar-refractivity contribution < 1.29 is 9.59 Å². The van der Waals surface area contributed by atoms with Gasteiger partial charge in [-0.15, -0.1) is 0 Å². The summed E-state index contributed by atoms with van der Waals surface area (Å²) in [4.78, 5) is 27.1. The third kappa shape index (κ3) is 5.70. The molecule has 1 heterocycles. The van der Waals surface area contributed by atoms with Crippen molar-refractivity contribution in [3.8, 4) is 0 Å². The van der Waals surface area contributed by atoms with Crippen LogP contribution in [0.5, 0.6) is 0 Å². The molecule has 1 aliphatic carbocycles. The van der Waals surface area contributed by atoms with Crippen LogP contribution < -0.4 is 16.0 Å². The lowest BCUT2D eigenvalue weighted by Gasteiger charge is -2.27. The summed E-state index contributed by atoms with van der Waals surface area (Å²) < 4.78 is 0. The number of rotatable bonds is 14. The largest absolute Gasteiger partial charge is 0.317 e. The highest BCUT2D eigenvalue weighted by atomic mass is 16.2. The van der Waals surface area contributed by atoms with Gasteiger partial charge >= 0.3 is 0 Å². The van der Waals surface area contributed by atoms with Crippen LogP contribution >= 0.6 is 0 Å². The van der Waals surface area contributed by atoms with Gasteiger partial charge in [0.05, 0.1) is 0 Å². The highest BCUT2D eigenvalue weighted by molar-refractivity contribution is 6.25. The summed E-state index contributed by atoms with van der Waals surface area (Å²) in [5.74, 6) is -0.347. The SMILES string of the molecule is O=C1c2cccc3cccc(c23)C(=O)N1CCCNCCCCNCCCNC1CC1. The van der Waals surface area contributed by atoms with Gasteiger partial charge in [0, 0.05) is 29.1 Å². The van der Waals surface area contributed by atoms with Crippen LogP contribution in [0.4, 0.5) is 0 Å². The highest BCUT2D eigenvalue weighted by Crippen LogP contribution is 2.29. The lowest BCUT2D eigenvalue weighted by atomic mass is 9.94. The predicted molar refractivity (Wildman–Crippen MR) is 125 cm³/mol. The van der Waals surface area contributed by atoms with E-state index < -0.39 is 0 Å². The first-order chi connectivity index (χ1) is 15.3. The van der Waals surface area contributed by atoms with Gasteiger partial charge < -0.3 is 16.0 Å². The molecular formula is C25H34N4O2. The first-order valence-electron chi connectivity index (χ1n) is 11.8. The first kappa shape index (κ1) is 21.9. The standard InChI is InChI=1S/C25H34N4O2/c30-24-21-9-3-7-19-8-4-10-22(23(19)21)25(31)29(24)18-6-16-27-14-2-1-13-26-15-5-17-28-20-11-12-20/h3-4,7-10,20,26-28H,1-2,5-6,11-18H2. The molecule has 1 fully saturated rings. The summed E-state index contributed by atoms with van der Waals surface area (Å²) in [5.41, 5.74) is 1.27. The molecule has 6 heteroatoms. The molecule has 6 nitrogen and oxygen atoms in total. The van der Waals surface area contributed by atoms with Gasteiger partial charge in [-0.1, -0.05) is 24.3 Å². The Hall–Kier alpha value is -2.28. The van der Waals surface area contributed by atoms with Gasteiger partial charge in [-0.25, -0.2) is 0 Å². The molecule has 2 aliphatic rings. The zero-order valence-electron chi connectivity index (χ0n) is 18.3. The third-order valence-electron chi connectivity index (χ3n) is 6.09. The smallest absolute Gasteiger partial charge is 0.261 e. The molecule has 0 aromatic heterocycles. The van der Waals surface area contributed by atoms with Crippen molar-refractivity contribution >= 4 is 22.6 Å². The van der Waals surface area contributed by atoms with E-state index in [1.165, 1.54) is 24.2 Å². The van der Waals surface area contributed by atoms with E-state index in [4.69, 9.17) is 0 Å². The minimum Gasteiger partial charge on any atom is -0.317 e. The van der Waals surface area contributed by atoms with Gasteiger partial charge in [-0.2, -0.15) is 0 Å². The molecule has 0 bridgehead atoms. The van der Waals surface area contributed by atoms with Crippen molar-refractivity contribution in [2.75, 3.05) is 39.3 Å². The van der Waals surface area contributed by atoms with Gasteiger partial charge in [0.25, 0.3) is 11.8 Å².